The van der Waals surface area contributed by atoms with Crippen LogP contribution in [0.4, 0.5) is 10.6 Å². The molecule has 4 fully saturated rings. The van der Waals surface area contributed by atoms with Gasteiger partial charge in [0.2, 0.25) is 0 Å². The molecule has 0 aromatic carbocycles. The van der Waals surface area contributed by atoms with E-state index in [0.29, 0.717) is 23.9 Å². The molecular weight excluding hydrogens is 304 g/mol. The Morgan fingerprint density at radius 3 is 2.38 bits per heavy atom. The topological polar surface area (TPSA) is 61.5 Å². The van der Waals surface area contributed by atoms with Gasteiger partial charge in [-0.05, 0) is 45.4 Å². The molecule has 6 heteroatoms. The van der Waals surface area contributed by atoms with E-state index >= 15 is 0 Å². The molecule has 2 bridgehead atoms. The van der Waals surface area contributed by atoms with Crippen LogP contribution in [0.25, 0.3) is 0 Å². The number of ether oxygens (including phenoxy) is 1. The lowest BCUT2D eigenvalue weighted by Gasteiger charge is -2.69. The molecule has 0 radical (unpaired) electrons. The van der Waals surface area contributed by atoms with Crippen LogP contribution in [0.1, 0.15) is 52.7 Å². The minimum Gasteiger partial charge on any atom is -0.444 e. The monoisotopic (exact) mass is 332 g/mol. The highest BCUT2D eigenvalue weighted by molar-refractivity contribution is 5.68. The first-order chi connectivity index (χ1) is 11.2. The number of hydrogen-bond donors (Lipinski definition) is 1. The van der Waals surface area contributed by atoms with Gasteiger partial charge in [-0.2, -0.15) is 5.10 Å². The van der Waals surface area contributed by atoms with Gasteiger partial charge in [-0.1, -0.05) is 6.92 Å². The number of nitrogens with zero attached hydrogens (tertiary/aromatic N) is 3. The quantitative estimate of drug-likeness (QED) is 0.904. The predicted octanol–water partition coefficient (Wildman–Crippen LogP) is 2.91. The van der Waals surface area contributed by atoms with E-state index in [1.54, 1.807) is 4.90 Å². The summed E-state index contributed by atoms with van der Waals surface area (Å²) in [5.41, 5.74) is 1.85. The summed E-state index contributed by atoms with van der Waals surface area (Å²) in [7, 11) is 0. The van der Waals surface area contributed by atoms with Crippen molar-refractivity contribution < 1.29 is 9.53 Å². The second-order valence-electron chi connectivity index (χ2n) is 9.22. The Morgan fingerprint density at radius 1 is 1.21 bits per heavy atom. The van der Waals surface area contributed by atoms with Crippen molar-refractivity contribution in [2.75, 3.05) is 31.1 Å². The first-order valence-electron chi connectivity index (χ1n) is 8.97. The van der Waals surface area contributed by atoms with Crippen LogP contribution >= 0.6 is 0 Å². The van der Waals surface area contributed by atoms with E-state index in [9.17, 15) is 4.79 Å². The molecule has 4 aliphatic rings. The minimum atomic E-state index is -0.440. The summed E-state index contributed by atoms with van der Waals surface area (Å²) in [6.45, 7) is 11.0. The SMILES string of the molecule is CC12CC(c3cc(N4CCN(C(=O)OC(C)(C)C)CC4)n[nH]3)(C1)C2. The van der Waals surface area contributed by atoms with Crippen molar-refractivity contribution >= 4 is 11.9 Å². The van der Waals surface area contributed by atoms with Crippen molar-refractivity contribution in [3.63, 3.8) is 0 Å². The van der Waals surface area contributed by atoms with Crippen molar-refractivity contribution in [3.05, 3.63) is 11.8 Å². The van der Waals surface area contributed by atoms with E-state index < -0.39 is 5.60 Å². The molecule has 3 aliphatic carbocycles. The molecule has 1 amide bonds. The van der Waals surface area contributed by atoms with Gasteiger partial charge in [0, 0.05) is 43.4 Å². The molecule has 24 heavy (non-hydrogen) atoms. The van der Waals surface area contributed by atoms with E-state index in [4.69, 9.17) is 4.74 Å². The number of aromatic amines is 1. The van der Waals surface area contributed by atoms with E-state index in [1.165, 1.54) is 25.0 Å². The van der Waals surface area contributed by atoms with Gasteiger partial charge in [0.05, 0.1) is 0 Å². The van der Waals surface area contributed by atoms with Crippen LogP contribution in [0.3, 0.4) is 0 Å². The van der Waals surface area contributed by atoms with Crippen LogP contribution < -0.4 is 4.90 Å². The first kappa shape index (κ1) is 15.8. The zero-order valence-corrected chi connectivity index (χ0v) is 15.2. The normalized spacial score (nSPS) is 32.2. The Balaban J connectivity index is 1.34. The van der Waals surface area contributed by atoms with E-state index in [0.717, 1.165) is 18.9 Å². The Kier molecular flexibility index (Phi) is 3.22. The Morgan fingerprint density at radius 2 is 1.83 bits per heavy atom. The van der Waals surface area contributed by atoms with E-state index in [2.05, 4.69) is 28.1 Å². The van der Waals surface area contributed by atoms with Crippen LogP contribution in [0.2, 0.25) is 0 Å². The number of nitrogens with one attached hydrogen (secondary N) is 1. The maximum Gasteiger partial charge on any atom is 0.410 e. The summed E-state index contributed by atoms with van der Waals surface area (Å²) in [6, 6.07) is 2.22. The number of piperazine rings is 1. The highest BCUT2D eigenvalue weighted by Gasteiger charge is 2.66. The number of rotatable bonds is 2. The van der Waals surface area contributed by atoms with Gasteiger partial charge in [-0.3, -0.25) is 5.10 Å². The molecular formula is C18H28N4O2. The average molecular weight is 332 g/mol. The molecule has 0 atom stereocenters. The standard InChI is InChI=1S/C18H28N4O2/c1-16(2,3)24-15(23)22-7-5-21(6-8-22)14-9-13(19-20-14)18-10-17(4,11-18)12-18/h9H,5-8,10-12H2,1-4H3,(H,19,20). The van der Waals surface area contributed by atoms with Crippen molar-refractivity contribution in [1.29, 1.82) is 0 Å². The highest BCUT2D eigenvalue weighted by atomic mass is 16.6. The number of carbonyl (C=O) groups excluding carboxylic acids is 1. The lowest BCUT2D eigenvalue weighted by atomic mass is 9.35. The fraction of sp³-hybridized carbons (Fsp3) is 0.778. The molecule has 1 aliphatic heterocycles. The fourth-order valence-electron chi connectivity index (χ4n) is 4.77. The average Bonchev–Trinajstić information content (AvgIpc) is 2.91. The second kappa shape index (κ2) is 4.90. The molecule has 0 unspecified atom stereocenters. The van der Waals surface area contributed by atoms with Crippen LogP contribution in [0, 0.1) is 5.41 Å². The Bertz CT molecular complexity index is 632. The highest BCUT2D eigenvalue weighted by Crippen LogP contribution is 2.73. The molecule has 2 heterocycles. The maximum atomic E-state index is 12.1. The zero-order chi connectivity index (χ0) is 17.2. The van der Waals surface area contributed by atoms with Gasteiger partial charge in [-0.25, -0.2) is 4.79 Å². The van der Waals surface area contributed by atoms with E-state index in [1.807, 2.05) is 20.8 Å². The summed E-state index contributed by atoms with van der Waals surface area (Å²) in [5.74, 6) is 1.02. The van der Waals surface area contributed by atoms with E-state index in [-0.39, 0.29) is 6.09 Å². The maximum absolute atomic E-state index is 12.1. The molecule has 1 aromatic heterocycles. The van der Waals surface area contributed by atoms with Crippen LogP contribution in [-0.4, -0.2) is 53.0 Å². The molecule has 1 saturated heterocycles. The molecule has 5 rings (SSSR count). The molecule has 0 spiro atoms. The smallest absolute Gasteiger partial charge is 0.410 e. The largest absolute Gasteiger partial charge is 0.444 e. The van der Waals surface area contributed by atoms with Crippen molar-refractivity contribution in [2.45, 2.75) is 58.0 Å². The molecule has 132 valence electrons. The number of anilines is 1. The van der Waals surface area contributed by atoms with Gasteiger partial charge >= 0.3 is 6.09 Å². The molecule has 3 saturated carbocycles. The lowest BCUT2D eigenvalue weighted by molar-refractivity contribution is -0.128. The summed E-state index contributed by atoms with van der Waals surface area (Å²) >= 11 is 0. The van der Waals surface area contributed by atoms with Crippen molar-refractivity contribution in [2.24, 2.45) is 5.41 Å². The Hall–Kier alpha value is -1.72. The van der Waals surface area contributed by atoms with Crippen molar-refractivity contribution in [3.8, 4) is 0 Å². The van der Waals surface area contributed by atoms with Gasteiger partial charge < -0.3 is 14.5 Å². The fourth-order valence-corrected chi connectivity index (χ4v) is 4.77. The second-order valence-corrected chi connectivity index (χ2v) is 9.22. The number of H-pyrrole nitrogens is 1. The molecule has 6 nitrogen and oxygen atoms in total. The van der Waals surface area contributed by atoms with Gasteiger partial charge in [0.1, 0.15) is 5.60 Å². The molecule has 1 N–H and O–H groups in total. The third-order valence-electron chi connectivity index (χ3n) is 5.69. The third-order valence-corrected chi connectivity index (χ3v) is 5.69. The Labute approximate surface area is 143 Å². The van der Waals surface area contributed by atoms with Crippen LogP contribution in [0.15, 0.2) is 6.07 Å². The van der Waals surface area contributed by atoms with Gasteiger partial charge in [-0.15, -0.1) is 0 Å². The lowest BCUT2D eigenvalue weighted by Crippen LogP contribution is -2.63. The first-order valence-corrected chi connectivity index (χ1v) is 8.97. The minimum absolute atomic E-state index is 0.216. The number of amides is 1. The van der Waals surface area contributed by atoms with Gasteiger partial charge in [0.25, 0.3) is 0 Å². The van der Waals surface area contributed by atoms with Crippen LogP contribution in [0.5, 0.6) is 0 Å². The summed E-state index contributed by atoms with van der Waals surface area (Å²) < 4.78 is 5.45. The number of carbonyl (C=O) groups is 1. The number of aromatic nitrogens is 2. The zero-order valence-electron chi connectivity index (χ0n) is 15.2. The summed E-state index contributed by atoms with van der Waals surface area (Å²) in [5, 5.41) is 7.80. The number of hydrogen-bond acceptors (Lipinski definition) is 4. The van der Waals surface area contributed by atoms with Crippen molar-refractivity contribution in [1.82, 2.24) is 15.1 Å². The predicted molar refractivity (Wildman–Crippen MR) is 92.2 cm³/mol. The van der Waals surface area contributed by atoms with Crippen LogP contribution in [-0.2, 0) is 10.2 Å². The molecule has 1 aromatic rings. The summed E-state index contributed by atoms with van der Waals surface area (Å²) in [4.78, 5) is 16.2. The summed E-state index contributed by atoms with van der Waals surface area (Å²) in [6.07, 6.45) is 3.68. The third kappa shape index (κ3) is 2.56. The van der Waals surface area contributed by atoms with Gasteiger partial charge in [0.15, 0.2) is 5.82 Å².